The van der Waals surface area contributed by atoms with Gasteiger partial charge in [-0.2, -0.15) is 0 Å². The van der Waals surface area contributed by atoms with Crippen LogP contribution in [0, 0.1) is 0 Å². The van der Waals surface area contributed by atoms with Crippen LogP contribution in [0.4, 0.5) is 18.9 Å². The van der Waals surface area contributed by atoms with E-state index in [9.17, 15) is 26.4 Å². The van der Waals surface area contributed by atoms with E-state index < -0.39 is 28.3 Å². The normalized spacial score (nSPS) is 21.1. The monoisotopic (exact) mass is 366 g/mol. The van der Waals surface area contributed by atoms with E-state index in [1.54, 1.807) is 6.92 Å². The number of carbonyl (C=O) groups is 1. The molecule has 0 unspecified atom stereocenters. The fraction of sp³-hybridized carbons (Fsp3) is 0.500. The molecule has 1 aliphatic heterocycles. The van der Waals surface area contributed by atoms with Crippen LogP contribution in [0.15, 0.2) is 24.3 Å². The molecule has 1 heterocycles. The minimum absolute atomic E-state index is 0.0560. The van der Waals surface area contributed by atoms with E-state index in [0.717, 1.165) is 12.1 Å². The molecular formula is C14H17F3N2O4S. The molecule has 134 valence electrons. The maximum Gasteiger partial charge on any atom is 0.573 e. The van der Waals surface area contributed by atoms with Crippen molar-refractivity contribution in [3.63, 3.8) is 0 Å². The van der Waals surface area contributed by atoms with E-state index in [-0.39, 0.29) is 23.2 Å². The molecule has 0 aromatic heterocycles. The zero-order valence-corrected chi connectivity index (χ0v) is 13.6. The Morgan fingerprint density at radius 1 is 1.29 bits per heavy atom. The minimum atomic E-state index is -4.76. The quantitative estimate of drug-likeness (QED) is 0.829. The number of ether oxygens (including phenoxy) is 1. The molecule has 24 heavy (non-hydrogen) atoms. The third kappa shape index (κ3) is 5.59. The van der Waals surface area contributed by atoms with Crippen LogP contribution in [-0.2, 0) is 14.6 Å². The number of carbonyl (C=O) groups excluding carboxylic acids is 1. The van der Waals surface area contributed by atoms with Crippen molar-refractivity contribution in [3.8, 4) is 5.75 Å². The first kappa shape index (κ1) is 18.4. The summed E-state index contributed by atoms with van der Waals surface area (Å²) in [4.78, 5) is 12.0. The van der Waals surface area contributed by atoms with Crippen LogP contribution in [-0.4, -0.2) is 44.3 Å². The zero-order valence-electron chi connectivity index (χ0n) is 12.8. The molecule has 1 aromatic carbocycles. The molecule has 1 aromatic rings. The third-order valence-corrected chi connectivity index (χ3v) is 5.21. The van der Waals surface area contributed by atoms with Crippen LogP contribution in [0.2, 0.25) is 0 Å². The fourth-order valence-corrected chi connectivity index (χ4v) is 3.98. The Kier molecular flexibility index (Phi) is 5.26. The summed E-state index contributed by atoms with van der Waals surface area (Å²) in [5.41, 5.74) is 0.436. The van der Waals surface area contributed by atoms with Crippen molar-refractivity contribution in [1.82, 2.24) is 5.32 Å². The smallest absolute Gasteiger partial charge is 0.406 e. The van der Waals surface area contributed by atoms with Crippen LogP contribution in [0.1, 0.15) is 13.3 Å². The summed E-state index contributed by atoms with van der Waals surface area (Å²) in [6.45, 7) is 1.57. The second-order valence-corrected chi connectivity index (χ2v) is 7.78. The fourth-order valence-electron chi connectivity index (χ4n) is 2.30. The molecule has 2 rings (SSSR count). The molecule has 0 bridgehead atoms. The van der Waals surface area contributed by atoms with Gasteiger partial charge in [-0.1, -0.05) is 0 Å². The summed E-state index contributed by atoms with van der Waals surface area (Å²) in [6.07, 6.45) is -4.38. The van der Waals surface area contributed by atoms with E-state index in [1.165, 1.54) is 12.1 Å². The Labute approximate surface area is 137 Å². The highest BCUT2D eigenvalue weighted by atomic mass is 32.2. The highest BCUT2D eigenvalue weighted by Gasteiger charge is 2.31. The van der Waals surface area contributed by atoms with Gasteiger partial charge < -0.3 is 15.4 Å². The molecule has 2 atom stereocenters. The number of alkyl halides is 3. The lowest BCUT2D eigenvalue weighted by Gasteiger charge is -2.18. The number of amides is 1. The number of benzene rings is 1. The number of halogens is 3. The first-order valence-corrected chi connectivity index (χ1v) is 8.99. The molecule has 1 fully saturated rings. The van der Waals surface area contributed by atoms with E-state index in [4.69, 9.17) is 0 Å². The lowest BCUT2D eigenvalue weighted by molar-refractivity contribution is -0.274. The van der Waals surface area contributed by atoms with Crippen molar-refractivity contribution in [2.45, 2.75) is 31.8 Å². The van der Waals surface area contributed by atoms with E-state index in [0.29, 0.717) is 12.1 Å². The lowest BCUT2D eigenvalue weighted by Crippen LogP contribution is -2.43. The van der Waals surface area contributed by atoms with Crippen molar-refractivity contribution >= 4 is 21.4 Å². The van der Waals surface area contributed by atoms with Crippen molar-refractivity contribution in [2.75, 3.05) is 16.8 Å². The summed E-state index contributed by atoms with van der Waals surface area (Å²) in [7, 11) is -3.09. The number of rotatable bonds is 5. The Hall–Kier alpha value is -1.97. The van der Waals surface area contributed by atoms with E-state index in [2.05, 4.69) is 15.4 Å². The Balaban J connectivity index is 1.87. The van der Waals surface area contributed by atoms with Gasteiger partial charge in [-0.25, -0.2) is 8.42 Å². The first-order chi connectivity index (χ1) is 11.0. The topological polar surface area (TPSA) is 84.5 Å². The van der Waals surface area contributed by atoms with Crippen molar-refractivity contribution in [2.24, 2.45) is 0 Å². The van der Waals surface area contributed by atoms with Gasteiger partial charge in [-0.05, 0) is 37.6 Å². The Morgan fingerprint density at radius 3 is 2.42 bits per heavy atom. The van der Waals surface area contributed by atoms with Gasteiger partial charge in [-0.15, -0.1) is 13.2 Å². The molecule has 0 aliphatic carbocycles. The second-order valence-electron chi connectivity index (χ2n) is 5.55. The maximum atomic E-state index is 12.1. The zero-order chi connectivity index (χ0) is 18.0. The van der Waals surface area contributed by atoms with Gasteiger partial charge in [0.1, 0.15) is 11.8 Å². The average molecular weight is 366 g/mol. The number of hydrogen-bond acceptors (Lipinski definition) is 5. The summed E-state index contributed by atoms with van der Waals surface area (Å²) < 4.78 is 62.7. The van der Waals surface area contributed by atoms with Crippen molar-refractivity contribution in [1.29, 1.82) is 0 Å². The summed E-state index contributed by atoms with van der Waals surface area (Å²) in [5, 5.41) is 5.47. The standard InChI is InChI=1S/C14H17F3N2O4S/c1-9(13(20)19-11-6-7-24(21,22)8-11)18-10-2-4-12(5-3-10)23-14(15,16)17/h2-5,9,11,18H,6-8H2,1H3,(H,19,20)/t9-,11+/m0/s1. The maximum absolute atomic E-state index is 12.1. The van der Waals surface area contributed by atoms with Gasteiger partial charge in [-0.3, -0.25) is 4.79 Å². The molecule has 1 aliphatic rings. The van der Waals surface area contributed by atoms with E-state index in [1.807, 2.05) is 0 Å². The van der Waals surface area contributed by atoms with Gasteiger partial charge in [0.25, 0.3) is 0 Å². The molecule has 2 N–H and O–H groups in total. The molecular weight excluding hydrogens is 349 g/mol. The SMILES string of the molecule is C[C@H](Nc1ccc(OC(F)(F)F)cc1)C(=O)N[C@@H]1CCS(=O)(=O)C1. The molecule has 0 saturated carbocycles. The van der Waals surface area contributed by atoms with Crippen LogP contribution in [0.25, 0.3) is 0 Å². The van der Waals surface area contributed by atoms with Gasteiger partial charge in [0.15, 0.2) is 9.84 Å². The van der Waals surface area contributed by atoms with Crippen LogP contribution >= 0.6 is 0 Å². The summed E-state index contributed by atoms with van der Waals surface area (Å²) in [6, 6.07) is 3.88. The van der Waals surface area contributed by atoms with Crippen LogP contribution in [0.5, 0.6) is 5.75 Å². The highest BCUT2D eigenvalue weighted by Crippen LogP contribution is 2.24. The predicted molar refractivity (Wildman–Crippen MR) is 81.4 cm³/mol. The lowest BCUT2D eigenvalue weighted by atomic mass is 10.2. The highest BCUT2D eigenvalue weighted by molar-refractivity contribution is 7.91. The largest absolute Gasteiger partial charge is 0.573 e. The van der Waals surface area contributed by atoms with E-state index >= 15 is 0 Å². The Bertz CT molecular complexity index is 689. The van der Waals surface area contributed by atoms with Crippen molar-refractivity contribution < 1.29 is 31.1 Å². The molecule has 0 radical (unpaired) electrons. The average Bonchev–Trinajstić information content (AvgIpc) is 2.78. The predicted octanol–water partition coefficient (Wildman–Crippen LogP) is 1.69. The minimum Gasteiger partial charge on any atom is -0.406 e. The van der Waals surface area contributed by atoms with Crippen LogP contribution in [0.3, 0.4) is 0 Å². The molecule has 10 heteroatoms. The summed E-state index contributed by atoms with van der Waals surface area (Å²) in [5.74, 6) is -0.760. The number of anilines is 1. The summed E-state index contributed by atoms with van der Waals surface area (Å²) >= 11 is 0. The third-order valence-electron chi connectivity index (χ3n) is 3.44. The van der Waals surface area contributed by atoms with Gasteiger partial charge in [0.05, 0.1) is 11.5 Å². The second kappa shape index (κ2) is 6.88. The number of nitrogens with one attached hydrogen (secondary N) is 2. The number of sulfone groups is 1. The Morgan fingerprint density at radius 2 is 1.92 bits per heavy atom. The van der Waals surface area contributed by atoms with Gasteiger partial charge in [0, 0.05) is 11.7 Å². The number of hydrogen-bond donors (Lipinski definition) is 2. The van der Waals surface area contributed by atoms with Crippen molar-refractivity contribution in [3.05, 3.63) is 24.3 Å². The molecule has 6 nitrogen and oxygen atoms in total. The molecule has 1 saturated heterocycles. The first-order valence-electron chi connectivity index (χ1n) is 7.17. The molecule has 1 amide bonds. The molecule has 0 spiro atoms. The van der Waals surface area contributed by atoms with Crippen LogP contribution < -0.4 is 15.4 Å². The van der Waals surface area contributed by atoms with Gasteiger partial charge in [0.2, 0.25) is 5.91 Å². The van der Waals surface area contributed by atoms with Gasteiger partial charge >= 0.3 is 6.36 Å².